The topological polar surface area (TPSA) is 85.3 Å². The molecule has 4 rings (SSSR count). The van der Waals surface area contributed by atoms with E-state index >= 15 is 0 Å². The zero-order chi connectivity index (χ0) is 25.2. The quantitative estimate of drug-likeness (QED) is 0.529. The van der Waals surface area contributed by atoms with Gasteiger partial charge >= 0.3 is 6.18 Å². The number of nitrogens with one attached hydrogen (secondary N) is 1. The van der Waals surface area contributed by atoms with Crippen molar-refractivity contribution >= 4 is 11.6 Å². The van der Waals surface area contributed by atoms with Gasteiger partial charge in [-0.2, -0.15) is 13.2 Å². The van der Waals surface area contributed by atoms with E-state index in [0.717, 1.165) is 18.2 Å². The van der Waals surface area contributed by atoms with Crippen LogP contribution in [0, 0.1) is 5.82 Å². The zero-order valence-electron chi connectivity index (χ0n) is 18.8. The number of aliphatic hydroxyl groups excluding tert-OH is 2. The third-order valence-electron chi connectivity index (χ3n) is 6.47. The second kappa shape index (κ2) is 10.5. The smallest absolute Gasteiger partial charge is 0.394 e. The maximum absolute atomic E-state index is 13.4. The van der Waals surface area contributed by atoms with E-state index in [1.807, 2.05) is 9.80 Å². The zero-order valence-corrected chi connectivity index (χ0v) is 18.8. The Morgan fingerprint density at radius 1 is 1.06 bits per heavy atom. The second-order valence-electron chi connectivity index (χ2n) is 8.67. The van der Waals surface area contributed by atoms with Crippen molar-refractivity contribution in [3.8, 4) is 0 Å². The van der Waals surface area contributed by atoms with Gasteiger partial charge < -0.3 is 25.2 Å². The maximum Gasteiger partial charge on any atom is 0.416 e. The SMILES string of the molecule is O=C(NCC1OC(CO)C(O)C1N1CCN(c2cccc(C(F)(F)F)c2)CC1)c1cccc(F)c1. The minimum Gasteiger partial charge on any atom is -0.394 e. The Balaban J connectivity index is 1.40. The third kappa shape index (κ3) is 5.75. The molecule has 2 heterocycles. The lowest BCUT2D eigenvalue weighted by molar-refractivity contribution is -0.137. The molecule has 2 aromatic carbocycles. The summed E-state index contributed by atoms with van der Waals surface area (Å²) in [6, 6.07) is 9.86. The average Bonchev–Trinajstić information content (AvgIpc) is 3.17. The van der Waals surface area contributed by atoms with Crippen molar-refractivity contribution in [3.05, 3.63) is 65.5 Å². The van der Waals surface area contributed by atoms with E-state index in [4.69, 9.17) is 4.74 Å². The molecule has 4 unspecified atom stereocenters. The van der Waals surface area contributed by atoms with Gasteiger partial charge in [-0.3, -0.25) is 9.69 Å². The number of halogens is 4. The molecule has 35 heavy (non-hydrogen) atoms. The minimum atomic E-state index is -4.42. The Kier molecular flexibility index (Phi) is 7.60. The summed E-state index contributed by atoms with van der Waals surface area (Å²) in [6.07, 6.45) is -6.92. The Bertz CT molecular complexity index is 1030. The number of piperazine rings is 1. The number of amides is 1. The number of benzene rings is 2. The van der Waals surface area contributed by atoms with Crippen LogP contribution in [0.5, 0.6) is 0 Å². The summed E-state index contributed by atoms with van der Waals surface area (Å²) >= 11 is 0. The lowest BCUT2D eigenvalue weighted by Crippen LogP contribution is -2.57. The van der Waals surface area contributed by atoms with Gasteiger partial charge in [-0.05, 0) is 36.4 Å². The first kappa shape index (κ1) is 25.4. The number of alkyl halides is 3. The maximum atomic E-state index is 13.4. The summed E-state index contributed by atoms with van der Waals surface area (Å²) in [7, 11) is 0. The number of rotatable bonds is 6. The van der Waals surface area contributed by atoms with Crippen LogP contribution in [0.4, 0.5) is 23.2 Å². The molecule has 0 bridgehead atoms. The molecule has 2 saturated heterocycles. The lowest BCUT2D eigenvalue weighted by Gasteiger charge is -2.41. The minimum absolute atomic E-state index is 0.0292. The molecule has 1 amide bonds. The van der Waals surface area contributed by atoms with E-state index < -0.39 is 54.4 Å². The van der Waals surface area contributed by atoms with E-state index in [1.54, 1.807) is 6.07 Å². The fraction of sp³-hybridized carbons (Fsp3) is 0.458. The molecule has 0 spiro atoms. The highest BCUT2D eigenvalue weighted by Gasteiger charge is 2.46. The van der Waals surface area contributed by atoms with Crippen LogP contribution in [0.2, 0.25) is 0 Å². The van der Waals surface area contributed by atoms with Gasteiger partial charge in [-0.15, -0.1) is 0 Å². The van der Waals surface area contributed by atoms with Gasteiger partial charge in [-0.1, -0.05) is 12.1 Å². The summed E-state index contributed by atoms with van der Waals surface area (Å²) in [6.45, 7) is 1.35. The van der Waals surface area contributed by atoms with Gasteiger partial charge in [-0.25, -0.2) is 4.39 Å². The van der Waals surface area contributed by atoms with Gasteiger partial charge in [0.15, 0.2) is 0 Å². The number of anilines is 1. The van der Waals surface area contributed by atoms with E-state index in [9.17, 15) is 32.6 Å². The van der Waals surface area contributed by atoms with Gasteiger partial charge in [0.05, 0.1) is 24.3 Å². The number of aliphatic hydroxyl groups is 2. The van der Waals surface area contributed by atoms with Crippen LogP contribution in [-0.4, -0.2) is 84.7 Å². The predicted octanol–water partition coefficient (Wildman–Crippen LogP) is 1.89. The van der Waals surface area contributed by atoms with E-state index in [-0.39, 0.29) is 12.1 Å². The molecule has 190 valence electrons. The van der Waals surface area contributed by atoms with E-state index in [1.165, 1.54) is 24.3 Å². The monoisotopic (exact) mass is 497 g/mol. The van der Waals surface area contributed by atoms with Crippen molar-refractivity contribution < 1.29 is 37.3 Å². The van der Waals surface area contributed by atoms with Crippen LogP contribution in [0.15, 0.2) is 48.5 Å². The summed E-state index contributed by atoms with van der Waals surface area (Å²) in [4.78, 5) is 16.2. The molecule has 7 nitrogen and oxygen atoms in total. The highest BCUT2D eigenvalue weighted by Crippen LogP contribution is 2.32. The molecule has 11 heteroatoms. The first-order chi connectivity index (χ1) is 16.7. The van der Waals surface area contributed by atoms with Crippen LogP contribution in [0.25, 0.3) is 0 Å². The van der Waals surface area contributed by atoms with E-state index in [2.05, 4.69) is 5.32 Å². The Labute approximate surface area is 199 Å². The molecule has 4 atom stereocenters. The van der Waals surface area contributed by atoms with Gasteiger partial charge in [0.1, 0.15) is 18.0 Å². The number of carbonyl (C=O) groups is 1. The molecule has 2 fully saturated rings. The molecule has 0 aromatic heterocycles. The van der Waals surface area contributed by atoms with E-state index in [0.29, 0.717) is 31.9 Å². The molecule has 2 aliphatic heterocycles. The molecule has 2 aromatic rings. The standard InChI is InChI=1S/C24H27F4N3O4/c25-17-5-1-3-15(11-17)23(34)29-13-19-21(22(33)20(14-32)35-19)31-9-7-30(8-10-31)18-6-2-4-16(12-18)24(26,27)28/h1-6,11-12,19-22,32-33H,7-10,13-14H2,(H,29,34). The summed E-state index contributed by atoms with van der Waals surface area (Å²) in [5.74, 6) is -1.04. The highest BCUT2D eigenvalue weighted by atomic mass is 19.4. The summed E-state index contributed by atoms with van der Waals surface area (Å²) in [5.41, 5.74) is -0.0970. The highest BCUT2D eigenvalue weighted by molar-refractivity contribution is 5.94. The summed E-state index contributed by atoms with van der Waals surface area (Å²) < 4.78 is 58.5. The van der Waals surface area contributed by atoms with Crippen LogP contribution < -0.4 is 10.2 Å². The largest absolute Gasteiger partial charge is 0.416 e. The van der Waals surface area contributed by atoms with Crippen molar-refractivity contribution in [2.45, 2.75) is 30.5 Å². The Hall–Kier alpha value is -2.73. The van der Waals surface area contributed by atoms with Gasteiger partial charge in [0.2, 0.25) is 0 Å². The number of hydrogen-bond donors (Lipinski definition) is 3. The molecule has 2 aliphatic rings. The number of ether oxygens (including phenoxy) is 1. The van der Waals surface area contributed by atoms with Crippen LogP contribution in [0.3, 0.4) is 0 Å². The van der Waals surface area contributed by atoms with Crippen molar-refractivity contribution in [3.63, 3.8) is 0 Å². The van der Waals surface area contributed by atoms with Crippen molar-refractivity contribution in [1.82, 2.24) is 10.2 Å². The number of nitrogens with zero attached hydrogens (tertiary/aromatic N) is 2. The molecule has 0 saturated carbocycles. The molecule has 0 aliphatic carbocycles. The molecule has 0 radical (unpaired) electrons. The molecular weight excluding hydrogens is 470 g/mol. The molecule has 3 N–H and O–H groups in total. The summed E-state index contributed by atoms with van der Waals surface area (Å²) in [5, 5.41) is 23.1. The van der Waals surface area contributed by atoms with Crippen molar-refractivity contribution in [2.75, 3.05) is 44.2 Å². The van der Waals surface area contributed by atoms with Gasteiger partial charge in [0, 0.05) is 44.0 Å². The van der Waals surface area contributed by atoms with Crippen LogP contribution >= 0.6 is 0 Å². The fourth-order valence-corrected chi connectivity index (χ4v) is 4.68. The normalized spacial score (nSPS) is 25.6. The second-order valence-corrected chi connectivity index (χ2v) is 8.67. The Morgan fingerprint density at radius 3 is 2.43 bits per heavy atom. The number of carbonyl (C=O) groups excluding carboxylic acids is 1. The third-order valence-corrected chi connectivity index (χ3v) is 6.47. The Morgan fingerprint density at radius 2 is 1.77 bits per heavy atom. The fourth-order valence-electron chi connectivity index (χ4n) is 4.68. The molecular formula is C24H27F4N3O4. The van der Waals surface area contributed by atoms with Crippen molar-refractivity contribution in [2.24, 2.45) is 0 Å². The average molecular weight is 497 g/mol. The van der Waals surface area contributed by atoms with Crippen LogP contribution in [-0.2, 0) is 10.9 Å². The predicted molar refractivity (Wildman–Crippen MR) is 120 cm³/mol. The van der Waals surface area contributed by atoms with Crippen molar-refractivity contribution in [1.29, 1.82) is 0 Å². The first-order valence-corrected chi connectivity index (χ1v) is 11.3. The number of hydrogen-bond acceptors (Lipinski definition) is 6. The van der Waals surface area contributed by atoms with Gasteiger partial charge in [0.25, 0.3) is 5.91 Å². The van der Waals surface area contributed by atoms with Crippen LogP contribution in [0.1, 0.15) is 15.9 Å². The lowest BCUT2D eigenvalue weighted by atomic mass is 10.0. The first-order valence-electron chi connectivity index (χ1n) is 11.3.